The van der Waals surface area contributed by atoms with Crippen molar-refractivity contribution in [1.82, 2.24) is 4.31 Å². The van der Waals surface area contributed by atoms with Crippen LogP contribution in [0.15, 0.2) is 18.2 Å². The Labute approximate surface area is 117 Å². The van der Waals surface area contributed by atoms with Gasteiger partial charge in [0.1, 0.15) is 0 Å². The molecule has 1 heterocycles. The van der Waals surface area contributed by atoms with Crippen LogP contribution in [0.4, 0.5) is 11.4 Å². The van der Waals surface area contributed by atoms with Crippen molar-refractivity contribution in [2.75, 3.05) is 30.2 Å². The number of nitrogens with two attached hydrogens (primary N) is 1. The summed E-state index contributed by atoms with van der Waals surface area (Å²) in [6.45, 7) is 0.925. The number of nitrogens with zero attached hydrogens (tertiary/aromatic N) is 2. The van der Waals surface area contributed by atoms with Crippen molar-refractivity contribution in [3.8, 4) is 0 Å². The first-order valence-electron chi connectivity index (χ1n) is 6.21. The van der Waals surface area contributed by atoms with Crippen LogP contribution in [0.5, 0.6) is 0 Å². The fourth-order valence-electron chi connectivity index (χ4n) is 2.22. The molecule has 0 aromatic heterocycles. The lowest BCUT2D eigenvalue weighted by Gasteiger charge is -2.26. The fourth-order valence-corrected chi connectivity index (χ4v) is 3.69. The summed E-state index contributed by atoms with van der Waals surface area (Å²) < 4.78 is 27.2. The number of hydrogen-bond donors (Lipinski definition) is 2. The number of carboxylic acids is 1. The molecule has 1 aliphatic rings. The van der Waals surface area contributed by atoms with Crippen molar-refractivity contribution in [3.05, 3.63) is 23.8 Å². The predicted octanol–water partition coefficient (Wildman–Crippen LogP) is 0.744. The third-order valence-corrected chi connectivity index (χ3v) is 5.23. The van der Waals surface area contributed by atoms with E-state index < -0.39 is 16.2 Å². The van der Waals surface area contributed by atoms with E-state index in [1.165, 1.54) is 29.6 Å². The molecule has 1 aromatic carbocycles. The van der Waals surface area contributed by atoms with E-state index >= 15 is 0 Å². The second-order valence-electron chi connectivity index (χ2n) is 4.66. The van der Waals surface area contributed by atoms with Crippen LogP contribution >= 0.6 is 0 Å². The van der Waals surface area contributed by atoms with Gasteiger partial charge in [-0.25, -0.2) is 4.79 Å². The Morgan fingerprint density at radius 2 is 1.95 bits per heavy atom. The van der Waals surface area contributed by atoms with Gasteiger partial charge in [0.15, 0.2) is 0 Å². The van der Waals surface area contributed by atoms with Crippen LogP contribution in [0.1, 0.15) is 23.2 Å². The normalized spacial score (nSPS) is 16.2. The molecule has 0 aliphatic carbocycles. The van der Waals surface area contributed by atoms with Crippen LogP contribution in [0.25, 0.3) is 0 Å². The third-order valence-electron chi connectivity index (χ3n) is 3.33. The number of carboxylic acid groups (broad SMARTS) is 1. The Balaban J connectivity index is 2.43. The molecule has 0 bridgehead atoms. The molecule has 1 saturated heterocycles. The highest BCUT2D eigenvalue weighted by Gasteiger charge is 2.31. The monoisotopic (exact) mass is 299 g/mol. The summed E-state index contributed by atoms with van der Waals surface area (Å²) in [7, 11) is -2.35. The zero-order chi connectivity index (χ0) is 14.9. The van der Waals surface area contributed by atoms with Gasteiger partial charge in [-0.3, -0.25) is 4.31 Å². The molecule has 7 nitrogen and oxygen atoms in total. The van der Waals surface area contributed by atoms with Gasteiger partial charge in [-0.2, -0.15) is 12.7 Å². The highest BCUT2D eigenvalue weighted by atomic mass is 32.2. The number of aromatic carboxylic acids is 1. The largest absolute Gasteiger partial charge is 0.478 e. The van der Waals surface area contributed by atoms with Gasteiger partial charge in [0, 0.05) is 25.8 Å². The summed E-state index contributed by atoms with van der Waals surface area (Å²) in [5.41, 5.74) is 5.81. The molecule has 1 aromatic rings. The molecule has 1 fully saturated rings. The molecule has 0 spiro atoms. The topological polar surface area (TPSA) is 104 Å². The summed E-state index contributed by atoms with van der Waals surface area (Å²) in [6.07, 6.45) is 1.64. The first-order valence-corrected chi connectivity index (χ1v) is 7.60. The molecule has 3 N–H and O–H groups in total. The SMILES string of the molecule is CN(c1ccc(N)cc1C(=O)O)S(=O)(=O)N1CCCC1. The Morgan fingerprint density at radius 3 is 2.50 bits per heavy atom. The molecule has 1 aliphatic heterocycles. The van der Waals surface area contributed by atoms with Crippen LogP contribution in [0, 0.1) is 0 Å². The van der Waals surface area contributed by atoms with E-state index in [9.17, 15) is 18.3 Å². The minimum atomic E-state index is -3.70. The number of carbonyl (C=O) groups is 1. The van der Waals surface area contributed by atoms with Gasteiger partial charge < -0.3 is 10.8 Å². The van der Waals surface area contributed by atoms with Crippen molar-refractivity contribution in [2.24, 2.45) is 0 Å². The third kappa shape index (κ3) is 2.56. The molecule has 110 valence electrons. The van der Waals surface area contributed by atoms with Crippen LogP contribution in [0.3, 0.4) is 0 Å². The standard InChI is InChI=1S/C12H17N3O4S/c1-14(20(18,19)15-6-2-3-7-15)11-5-4-9(13)8-10(11)12(16)17/h4-5,8H,2-3,6-7,13H2,1H3,(H,16,17). The Kier molecular flexibility index (Phi) is 3.87. The van der Waals surface area contributed by atoms with E-state index in [1.54, 1.807) is 0 Å². The lowest BCUT2D eigenvalue weighted by molar-refractivity contribution is 0.0698. The van der Waals surface area contributed by atoms with E-state index in [2.05, 4.69) is 0 Å². The second kappa shape index (κ2) is 5.29. The zero-order valence-corrected chi connectivity index (χ0v) is 11.9. The van der Waals surface area contributed by atoms with Gasteiger partial charge in [-0.05, 0) is 31.0 Å². The maximum atomic E-state index is 12.4. The highest BCUT2D eigenvalue weighted by Crippen LogP contribution is 2.27. The van der Waals surface area contributed by atoms with Crippen molar-refractivity contribution in [2.45, 2.75) is 12.8 Å². The molecule has 0 saturated carbocycles. The summed E-state index contributed by atoms with van der Waals surface area (Å²) in [4.78, 5) is 11.2. The Morgan fingerprint density at radius 1 is 1.35 bits per heavy atom. The maximum absolute atomic E-state index is 12.4. The molecule has 0 radical (unpaired) electrons. The summed E-state index contributed by atoms with van der Waals surface area (Å²) in [6, 6.07) is 4.15. The lowest BCUT2D eigenvalue weighted by Crippen LogP contribution is -2.40. The van der Waals surface area contributed by atoms with Crippen molar-refractivity contribution in [3.63, 3.8) is 0 Å². The van der Waals surface area contributed by atoms with Crippen molar-refractivity contribution >= 4 is 27.6 Å². The summed E-state index contributed by atoms with van der Waals surface area (Å²) in [5.74, 6) is -1.21. The van der Waals surface area contributed by atoms with Crippen molar-refractivity contribution < 1.29 is 18.3 Å². The molecule has 8 heteroatoms. The van der Waals surface area contributed by atoms with Crippen molar-refractivity contribution in [1.29, 1.82) is 0 Å². The first kappa shape index (κ1) is 14.6. The van der Waals surface area contributed by atoms with Gasteiger partial charge in [-0.15, -0.1) is 0 Å². The van der Waals surface area contributed by atoms with E-state index in [0.717, 1.165) is 17.1 Å². The minimum absolute atomic E-state index is 0.110. The number of rotatable bonds is 4. The fraction of sp³-hybridized carbons (Fsp3) is 0.417. The minimum Gasteiger partial charge on any atom is -0.478 e. The van der Waals surface area contributed by atoms with Gasteiger partial charge in [-0.1, -0.05) is 0 Å². The van der Waals surface area contributed by atoms with Gasteiger partial charge in [0.25, 0.3) is 0 Å². The van der Waals surface area contributed by atoms with Crippen LogP contribution in [-0.4, -0.2) is 43.9 Å². The Hall–Kier alpha value is -1.80. The van der Waals surface area contributed by atoms with E-state index in [4.69, 9.17) is 5.73 Å². The molecule has 0 unspecified atom stereocenters. The van der Waals surface area contributed by atoms with E-state index in [0.29, 0.717) is 13.1 Å². The molecule has 0 amide bonds. The first-order chi connectivity index (χ1) is 9.34. The molecular formula is C12H17N3O4S. The molecule has 20 heavy (non-hydrogen) atoms. The smallest absolute Gasteiger partial charge is 0.337 e. The van der Waals surface area contributed by atoms with Crippen LogP contribution < -0.4 is 10.0 Å². The zero-order valence-electron chi connectivity index (χ0n) is 11.1. The summed E-state index contributed by atoms with van der Waals surface area (Å²) >= 11 is 0. The summed E-state index contributed by atoms with van der Waals surface area (Å²) in [5, 5.41) is 9.18. The quantitative estimate of drug-likeness (QED) is 0.798. The average Bonchev–Trinajstić information content (AvgIpc) is 2.92. The molecule has 0 atom stereocenters. The molecular weight excluding hydrogens is 282 g/mol. The van der Waals surface area contributed by atoms with Crippen LogP contribution in [0.2, 0.25) is 0 Å². The van der Waals surface area contributed by atoms with Crippen LogP contribution in [-0.2, 0) is 10.2 Å². The second-order valence-corrected chi connectivity index (χ2v) is 6.62. The lowest BCUT2D eigenvalue weighted by atomic mass is 10.1. The number of anilines is 2. The number of hydrogen-bond acceptors (Lipinski definition) is 4. The van der Waals surface area contributed by atoms with Gasteiger partial charge in [0.2, 0.25) is 0 Å². The van der Waals surface area contributed by atoms with E-state index in [1.807, 2.05) is 0 Å². The van der Waals surface area contributed by atoms with Gasteiger partial charge >= 0.3 is 16.2 Å². The predicted molar refractivity (Wildman–Crippen MR) is 75.9 cm³/mol. The highest BCUT2D eigenvalue weighted by molar-refractivity contribution is 7.90. The average molecular weight is 299 g/mol. The maximum Gasteiger partial charge on any atom is 0.337 e. The van der Waals surface area contributed by atoms with Gasteiger partial charge in [0.05, 0.1) is 11.3 Å². The van der Waals surface area contributed by atoms with E-state index in [-0.39, 0.29) is 16.9 Å². The number of nitrogen functional groups attached to an aromatic ring is 1. The molecule has 2 rings (SSSR count). The Bertz CT molecular complexity index is 624. The number of benzene rings is 1.